The Morgan fingerprint density at radius 3 is 2.25 bits per heavy atom. The molecule has 0 aliphatic carbocycles. The Bertz CT molecular complexity index is 931. The van der Waals surface area contributed by atoms with Crippen LogP contribution in [0.1, 0.15) is 43.0 Å². The Morgan fingerprint density at radius 1 is 0.969 bits per heavy atom. The molecule has 0 radical (unpaired) electrons. The van der Waals surface area contributed by atoms with Crippen molar-refractivity contribution in [1.29, 1.82) is 0 Å². The number of likely N-dealkylation sites (N-methyl/N-ethyl adjacent to an activating group) is 1. The smallest absolute Gasteiger partial charge is 0.257 e. The largest absolute Gasteiger partial charge is 0.494 e. The minimum atomic E-state index is -0.0913. The molecular formula is C26H34N4O2. The second kappa shape index (κ2) is 10.3. The summed E-state index contributed by atoms with van der Waals surface area (Å²) in [5, 5.41) is 6.55. The highest BCUT2D eigenvalue weighted by Gasteiger charge is 2.34. The quantitative estimate of drug-likeness (QED) is 0.667. The van der Waals surface area contributed by atoms with Gasteiger partial charge >= 0.3 is 0 Å². The third kappa shape index (κ3) is 5.19. The first-order valence-electron chi connectivity index (χ1n) is 11.7. The van der Waals surface area contributed by atoms with Gasteiger partial charge in [-0.15, -0.1) is 0 Å². The molecule has 4 rings (SSSR count). The normalized spacial score (nSPS) is 19.8. The second-order valence-electron chi connectivity index (χ2n) is 8.58. The number of carbonyl (C=O) groups is 1. The van der Waals surface area contributed by atoms with Crippen molar-refractivity contribution in [2.24, 2.45) is 5.10 Å². The van der Waals surface area contributed by atoms with Gasteiger partial charge in [0.1, 0.15) is 5.75 Å². The first-order chi connectivity index (χ1) is 15.6. The van der Waals surface area contributed by atoms with E-state index < -0.39 is 0 Å². The fourth-order valence-electron chi connectivity index (χ4n) is 4.40. The molecule has 6 heteroatoms. The number of nitrogens with zero attached hydrogens (tertiary/aromatic N) is 4. The molecule has 1 unspecified atom stereocenters. The molecule has 170 valence electrons. The number of ether oxygens (including phenoxy) is 1. The topological polar surface area (TPSA) is 48.4 Å². The molecule has 2 aliphatic heterocycles. The Balaban J connectivity index is 1.54. The minimum Gasteiger partial charge on any atom is -0.494 e. The van der Waals surface area contributed by atoms with E-state index >= 15 is 0 Å². The number of piperazine rings is 1. The highest BCUT2D eigenvalue weighted by atomic mass is 16.5. The average molecular weight is 435 g/mol. The number of benzene rings is 2. The number of rotatable bonds is 7. The van der Waals surface area contributed by atoms with Crippen LogP contribution in [0.2, 0.25) is 0 Å². The predicted molar refractivity (Wildman–Crippen MR) is 128 cm³/mol. The van der Waals surface area contributed by atoms with Gasteiger partial charge in [-0.25, -0.2) is 5.01 Å². The van der Waals surface area contributed by atoms with Crippen LogP contribution in [0.4, 0.5) is 0 Å². The minimum absolute atomic E-state index is 0.0657. The lowest BCUT2D eigenvalue weighted by Crippen LogP contribution is -2.49. The second-order valence-corrected chi connectivity index (χ2v) is 8.58. The van der Waals surface area contributed by atoms with Gasteiger partial charge in [0, 0.05) is 32.6 Å². The lowest BCUT2D eigenvalue weighted by atomic mass is 9.98. The Labute approximate surface area is 191 Å². The van der Waals surface area contributed by atoms with Crippen LogP contribution in [0.5, 0.6) is 5.75 Å². The van der Waals surface area contributed by atoms with Gasteiger partial charge < -0.3 is 9.64 Å². The molecule has 1 atom stereocenters. The fraction of sp³-hybridized carbons (Fsp3) is 0.462. The van der Waals surface area contributed by atoms with Gasteiger partial charge in [-0.2, -0.15) is 5.10 Å². The summed E-state index contributed by atoms with van der Waals surface area (Å²) in [6.07, 6.45) is 0.715. The molecule has 2 aromatic rings. The summed E-state index contributed by atoms with van der Waals surface area (Å²) in [7, 11) is 0. The maximum Gasteiger partial charge on any atom is 0.257 e. The van der Waals surface area contributed by atoms with Crippen LogP contribution in [0.3, 0.4) is 0 Å². The third-order valence-electron chi connectivity index (χ3n) is 6.40. The number of hydrogen-bond acceptors (Lipinski definition) is 5. The van der Waals surface area contributed by atoms with Crippen LogP contribution in [0, 0.1) is 6.92 Å². The van der Waals surface area contributed by atoms with Crippen molar-refractivity contribution >= 4 is 11.6 Å². The average Bonchev–Trinajstić information content (AvgIpc) is 3.26. The summed E-state index contributed by atoms with van der Waals surface area (Å²) in [4.78, 5) is 18.1. The monoisotopic (exact) mass is 434 g/mol. The van der Waals surface area contributed by atoms with Crippen molar-refractivity contribution in [3.63, 3.8) is 0 Å². The summed E-state index contributed by atoms with van der Waals surface area (Å²) in [6, 6.07) is 16.4. The molecule has 0 N–H and O–H groups in total. The molecule has 2 heterocycles. The maximum absolute atomic E-state index is 13.4. The van der Waals surface area contributed by atoms with Gasteiger partial charge in [0.05, 0.1) is 24.9 Å². The van der Waals surface area contributed by atoms with Crippen molar-refractivity contribution in [3.05, 3.63) is 65.2 Å². The third-order valence-corrected chi connectivity index (χ3v) is 6.40. The van der Waals surface area contributed by atoms with E-state index in [1.807, 2.05) is 19.1 Å². The fourth-order valence-corrected chi connectivity index (χ4v) is 4.40. The first-order valence-corrected chi connectivity index (χ1v) is 11.7. The summed E-state index contributed by atoms with van der Waals surface area (Å²) in [6.45, 7) is 12.3. The van der Waals surface area contributed by atoms with Gasteiger partial charge in [-0.05, 0) is 43.7 Å². The van der Waals surface area contributed by atoms with E-state index in [1.54, 1.807) is 5.01 Å². The lowest BCUT2D eigenvalue weighted by Gasteiger charge is -2.34. The highest BCUT2D eigenvalue weighted by molar-refractivity contribution is 6.03. The number of hydrogen-bond donors (Lipinski definition) is 0. The van der Waals surface area contributed by atoms with Crippen LogP contribution in [0.15, 0.2) is 53.6 Å². The van der Waals surface area contributed by atoms with Crippen LogP contribution in [0.25, 0.3) is 0 Å². The van der Waals surface area contributed by atoms with E-state index in [0.717, 1.165) is 55.3 Å². The SMILES string of the molecule is CCOc1ccc(C2CC(c3ccc(C)cc3)=NN2C(=O)CN2CCN(CC)CC2)cc1. The molecule has 0 bridgehead atoms. The molecule has 1 saturated heterocycles. The lowest BCUT2D eigenvalue weighted by molar-refractivity contribution is -0.134. The van der Waals surface area contributed by atoms with Crippen LogP contribution < -0.4 is 4.74 Å². The molecule has 2 aliphatic rings. The van der Waals surface area contributed by atoms with Crippen LogP contribution >= 0.6 is 0 Å². The van der Waals surface area contributed by atoms with Crippen molar-refractivity contribution in [1.82, 2.24) is 14.8 Å². The number of amides is 1. The maximum atomic E-state index is 13.4. The molecule has 1 fully saturated rings. The summed E-state index contributed by atoms with van der Waals surface area (Å²) in [5.74, 6) is 0.913. The summed E-state index contributed by atoms with van der Waals surface area (Å²) < 4.78 is 5.60. The van der Waals surface area contributed by atoms with E-state index in [2.05, 4.69) is 60.0 Å². The standard InChI is InChI=1S/C26H34N4O2/c1-4-28-14-16-29(17-15-28)19-26(31)30-25(22-10-12-23(13-11-22)32-5-2)18-24(27-30)21-8-6-20(3)7-9-21/h6-13,25H,4-5,14-19H2,1-3H3. The molecule has 0 saturated carbocycles. The summed E-state index contributed by atoms with van der Waals surface area (Å²) >= 11 is 0. The highest BCUT2D eigenvalue weighted by Crippen LogP contribution is 2.34. The zero-order valence-electron chi connectivity index (χ0n) is 19.5. The zero-order valence-corrected chi connectivity index (χ0v) is 19.5. The van der Waals surface area contributed by atoms with Crippen molar-refractivity contribution in [3.8, 4) is 5.75 Å². The first kappa shape index (κ1) is 22.5. The molecule has 0 spiro atoms. The molecule has 0 aromatic heterocycles. The summed E-state index contributed by atoms with van der Waals surface area (Å²) in [5.41, 5.74) is 4.35. The van der Waals surface area contributed by atoms with Gasteiger partial charge in [0.25, 0.3) is 5.91 Å². The van der Waals surface area contributed by atoms with E-state index in [-0.39, 0.29) is 11.9 Å². The number of hydrazone groups is 1. The zero-order chi connectivity index (χ0) is 22.5. The Kier molecular flexibility index (Phi) is 7.22. The van der Waals surface area contributed by atoms with Crippen molar-refractivity contribution in [2.45, 2.75) is 33.2 Å². The van der Waals surface area contributed by atoms with E-state index in [1.165, 1.54) is 5.56 Å². The van der Waals surface area contributed by atoms with E-state index in [4.69, 9.17) is 9.84 Å². The van der Waals surface area contributed by atoms with E-state index in [9.17, 15) is 4.79 Å². The Hall–Kier alpha value is -2.70. The van der Waals surface area contributed by atoms with Crippen LogP contribution in [-0.4, -0.2) is 72.3 Å². The van der Waals surface area contributed by atoms with Gasteiger partial charge in [0.15, 0.2) is 0 Å². The molecule has 32 heavy (non-hydrogen) atoms. The number of aryl methyl sites for hydroxylation is 1. The van der Waals surface area contributed by atoms with Gasteiger partial charge in [0.2, 0.25) is 0 Å². The van der Waals surface area contributed by atoms with E-state index in [0.29, 0.717) is 19.6 Å². The predicted octanol–water partition coefficient (Wildman–Crippen LogP) is 3.71. The van der Waals surface area contributed by atoms with Gasteiger partial charge in [-0.1, -0.05) is 48.9 Å². The molecule has 6 nitrogen and oxygen atoms in total. The number of carbonyl (C=O) groups excluding carboxylic acids is 1. The molecular weight excluding hydrogens is 400 g/mol. The Morgan fingerprint density at radius 2 is 1.62 bits per heavy atom. The molecule has 1 amide bonds. The van der Waals surface area contributed by atoms with Crippen molar-refractivity contribution in [2.75, 3.05) is 45.9 Å². The van der Waals surface area contributed by atoms with Crippen molar-refractivity contribution < 1.29 is 9.53 Å². The van der Waals surface area contributed by atoms with Crippen LogP contribution in [-0.2, 0) is 4.79 Å². The van der Waals surface area contributed by atoms with Gasteiger partial charge in [-0.3, -0.25) is 9.69 Å². The molecule has 2 aromatic carbocycles.